The molecule has 1 aromatic carbocycles. The average Bonchev–Trinajstić information content (AvgIpc) is 2.84. The van der Waals surface area contributed by atoms with Gasteiger partial charge in [0.15, 0.2) is 6.29 Å². The molecule has 1 saturated heterocycles. The molecule has 0 spiro atoms. The van der Waals surface area contributed by atoms with Gasteiger partial charge in [-0.05, 0) is 18.2 Å². The quantitative estimate of drug-likeness (QED) is 0.812. The highest BCUT2D eigenvalue weighted by Gasteiger charge is 2.23. The van der Waals surface area contributed by atoms with E-state index in [-0.39, 0.29) is 5.43 Å². The molecule has 1 aliphatic rings. The maximum atomic E-state index is 12.2. The number of rotatable bonds is 1. The first-order valence-electron chi connectivity index (χ1n) is 5.20. The van der Waals surface area contributed by atoms with E-state index in [9.17, 15) is 4.79 Å². The summed E-state index contributed by atoms with van der Waals surface area (Å²) in [5.74, 6) is 0. The van der Waals surface area contributed by atoms with Gasteiger partial charge in [-0.1, -0.05) is 15.9 Å². The summed E-state index contributed by atoms with van der Waals surface area (Å²) in [6, 6.07) is 5.31. The minimum Gasteiger partial charge on any atom is -0.464 e. The monoisotopic (exact) mass is 296 g/mol. The van der Waals surface area contributed by atoms with Gasteiger partial charge in [0.2, 0.25) is 5.43 Å². The molecule has 1 fully saturated rings. The van der Waals surface area contributed by atoms with E-state index in [1.807, 2.05) is 6.07 Å². The van der Waals surface area contributed by atoms with E-state index in [2.05, 4.69) is 15.9 Å². The molecule has 0 atom stereocenters. The molecule has 0 aliphatic carbocycles. The Kier molecular flexibility index (Phi) is 2.74. The number of halogens is 1. The lowest BCUT2D eigenvalue weighted by molar-refractivity contribution is -0.0457. The molecular formula is C12H9BrO4. The van der Waals surface area contributed by atoms with Crippen molar-refractivity contribution in [3.05, 3.63) is 44.7 Å². The van der Waals surface area contributed by atoms with Gasteiger partial charge in [-0.3, -0.25) is 4.79 Å². The fourth-order valence-electron chi connectivity index (χ4n) is 1.82. The van der Waals surface area contributed by atoms with Crippen LogP contribution >= 0.6 is 15.9 Å². The highest BCUT2D eigenvalue weighted by Crippen LogP contribution is 2.24. The molecule has 2 heterocycles. The Bertz CT molecular complexity index is 613. The Morgan fingerprint density at radius 3 is 2.76 bits per heavy atom. The lowest BCUT2D eigenvalue weighted by atomic mass is 10.1. The number of ether oxygens (including phenoxy) is 2. The molecule has 5 heteroatoms. The zero-order chi connectivity index (χ0) is 11.8. The summed E-state index contributed by atoms with van der Waals surface area (Å²) in [5, 5.41) is 0.524. The maximum absolute atomic E-state index is 12.2. The van der Waals surface area contributed by atoms with Crippen LogP contribution in [0.5, 0.6) is 0 Å². The van der Waals surface area contributed by atoms with E-state index in [0.717, 1.165) is 4.47 Å². The first kappa shape index (κ1) is 11.0. The molecule has 1 aliphatic heterocycles. The van der Waals surface area contributed by atoms with Crippen LogP contribution < -0.4 is 5.43 Å². The molecule has 0 unspecified atom stereocenters. The molecule has 1 aromatic heterocycles. The summed E-state index contributed by atoms with van der Waals surface area (Å²) in [4.78, 5) is 12.2. The summed E-state index contributed by atoms with van der Waals surface area (Å²) in [6.45, 7) is 1.00. The molecule has 0 amide bonds. The fourth-order valence-corrected chi connectivity index (χ4v) is 2.18. The first-order valence-corrected chi connectivity index (χ1v) is 5.99. The smallest absolute Gasteiger partial charge is 0.201 e. The molecule has 0 saturated carbocycles. The first-order chi connectivity index (χ1) is 8.25. The van der Waals surface area contributed by atoms with E-state index >= 15 is 0 Å². The van der Waals surface area contributed by atoms with E-state index in [4.69, 9.17) is 13.9 Å². The lowest BCUT2D eigenvalue weighted by Crippen LogP contribution is -2.13. The van der Waals surface area contributed by atoms with Gasteiger partial charge in [-0.25, -0.2) is 0 Å². The van der Waals surface area contributed by atoms with Gasteiger partial charge >= 0.3 is 0 Å². The summed E-state index contributed by atoms with van der Waals surface area (Å²) in [7, 11) is 0. The van der Waals surface area contributed by atoms with E-state index < -0.39 is 6.29 Å². The molecule has 3 rings (SSSR count). The van der Waals surface area contributed by atoms with Crippen LogP contribution in [0.2, 0.25) is 0 Å². The van der Waals surface area contributed by atoms with Gasteiger partial charge in [0.05, 0.1) is 24.2 Å². The molecule has 4 nitrogen and oxygen atoms in total. The lowest BCUT2D eigenvalue weighted by Gasteiger charge is -2.08. The third-order valence-corrected chi connectivity index (χ3v) is 3.13. The van der Waals surface area contributed by atoms with Crippen molar-refractivity contribution >= 4 is 26.9 Å². The van der Waals surface area contributed by atoms with Crippen molar-refractivity contribution in [2.45, 2.75) is 6.29 Å². The SMILES string of the molecule is O=c1c(C2OCCO2)coc2ccc(Br)cc12. The predicted octanol–water partition coefficient (Wildman–Crippen LogP) is 2.60. The van der Waals surface area contributed by atoms with Crippen LogP contribution in [0.15, 0.2) is 38.1 Å². The fraction of sp³-hybridized carbons (Fsp3) is 0.250. The number of fused-ring (bicyclic) bond motifs is 1. The van der Waals surface area contributed by atoms with E-state index in [1.54, 1.807) is 12.1 Å². The molecular weight excluding hydrogens is 288 g/mol. The highest BCUT2D eigenvalue weighted by molar-refractivity contribution is 9.10. The van der Waals surface area contributed by atoms with E-state index in [0.29, 0.717) is 29.7 Å². The van der Waals surface area contributed by atoms with Crippen molar-refractivity contribution in [3.63, 3.8) is 0 Å². The minimum absolute atomic E-state index is 0.112. The van der Waals surface area contributed by atoms with Crippen molar-refractivity contribution < 1.29 is 13.9 Å². The number of hydrogen-bond acceptors (Lipinski definition) is 4. The highest BCUT2D eigenvalue weighted by atomic mass is 79.9. The molecule has 0 radical (unpaired) electrons. The second-order valence-electron chi connectivity index (χ2n) is 3.73. The number of hydrogen-bond donors (Lipinski definition) is 0. The normalized spacial score (nSPS) is 16.8. The van der Waals surface area contributed by atoms with Gasteiger partial charge in [0.25, 0.3) is 0 Å². The zero-order valence-corrected chi connectivity index (χ0v) is 10.4. The second-order valence-corrected chi connectivity index (χ2v) is 4.65. The van der Waals surface area contributed by atoms with E-state index in [1.165, 1.54) is 6.26 Å². The van der Waals surface area contributed by atoms with Crippen LogP contribution in [-0.4, -0.2) is 13.2 Å². The maximum Gasteiger partial charge on any atom is 0.201 e. The van der Waals surface area contributed by atoms with Gasteiger partial charge in [0, 0.05) is 4.47 Å². The largest absolute Gasteiger partial charge is 0.464 e. The van der Waals surface area contributed by atoms with Gasteiger partial charge in [-0.2, -0.15) is 0 Å². The summed E-state index contributed by atoms with van der Waals surface area (Å²) < 4.78 is 16.9. The summed E-state index contributed by atoms with van der Waals surface area (Å²) >= 11 is 3.33. The van der Waals surface area contributed by atoms with Crippen LogP contribution in [0, 0.1) is 0 Å². The average molecular weight is 297 g/mol. The molecule has 17 heavy (non-hydrogen) atoms. The third kappa shape index (κ3) is 1.90. The van der Waals surface area contributed by atoms with Crippen LogP contribution in [0.3, 0.4) is 0 Å². The van der Waals surface area contributed by atoms with Gasteiger partial charge < -0.3 is 13.9 Å². The van der Waals surface area contributed by atoms with Gasteiger partial charge in [0.1, 0.15) is 11.8 Å². The Morgan fingerprint density at radius 2 is 2.00 bits per heavy atom. The topological polar surface area (TPSA) is 48.7 Å². The Morgan fingerprint density at radius 1 is 1.24 bits per heavy atom. The Balaban J connectivity index is 2.21. The minimum atomic E-state index is -0.602. The molecule has 2 aromatic rings. The molecule has 0 bridgehead atoms. The standard InChI is InChI=1S/C12H9BrO4/c13-7-1-2-10-8(5-7)11(14)9(6-17-10)12-15-3-4-16-12/h1-2,5-6,12H,3-4H2. The van der Waals surface area contributed by atoms with Crippen molar-refractivity contribution in [2.75, 3.05) is 13.2 Å². The van der Waals surface area contributed by atoms with Gasteiger partial charge in [-0.15, -0.1) is 0 Å². The van der Waals surface area contributed by atoms with Crippen molar-refractivity contribution in [1.82, 2.24) is 0 Å². The summed E-state index contributed by atoms with van der Waals surface area (Å²) in [6.07, 6.45) is 0.809. The van der Waals surface area contributed by atoms with Crippen molar-refractivity contribution in [2.24, 2.45) is 0 Å². The van der Waals surface area contributed by atoms with Crippen LogP contribution in [0.25, 0.3) is 11.0 Å². The second kappa shape index (κ2) is 4.25. The third-order valence-electron chi connectivity index (χ3n) is 2.64. The predicted molar refractivity (Wildman–Crippen MR) is 64.8 cm³/mol. The molecule has 88 valence electrons. The molecule has 0 N–H and O–H groups in total. The summed E-state index contributed by atoms with van der Waals surface area (Å²) in [5.41, 5.74) is 0.854. The van der Waals surface area contributed by atoms with Crippen molar-refractivity contribution in [3.8, 4) is 0 Å². The van der Waals surface area contributed by atoms with Crippen LogP contribution in [-0.2, 0) is 9.47 Å². The number of benzene rings is 1. The van der Waals surface area contributed by atoms with Crippen LogP contribution in [0.4, 0.5) is 0 Å². The zero-order valence-electron chi connectivity index (χ0n) is 8.81. The van der Waals surface area contributed by atoms with Crippen LogP contribution in [0.1, 0.15) is 11.9 Å². The Labute approximate surface area is 105 Å². The van der Waals surface area contributed by atoms with Crippen molar-refractivity contribution in [1.29, 1.82) is 0 Å². The Hall–Kier alpha value is -1.17.